The molecule has 0 saturated carbocycles. The fourth-order valence-electron chi connectivity index (χ4n) is 2.91. The predicted octanol–water partition coefficient (Wildman–Crippen LogP) is 2.43. The second-order valence-electron chi connectivity index (χ2n) is 7.15. The van der Waals surface area contributed by atoms with E-state index in [1.165, 1.54) is 25.8 Å². The average molecular weight is 293 g/mol. The molecule has 1 aliphatic rings. The minimum absolute atomic E-state index is 0.186. The summed E-state index contributed by atoms with van der Waals surface area (Å²) in [7, 11) is 0. The number of rotatable bonds is 6. The van der Waals surface area contributed by atoms with Crippen molar-refractivity contribution < 1.29 is 0 Å². The lowest BCUT2D eigenvalue weighted by Crippen LogP contribution is -2.49. The van der Waals surface area contributed by atoms with Crippen LogP contribution in [0.1, 0.15) is 59.2 Å². The lowest BCUT2D eigenvalue weighted by Gasteiger charge is -2.37. The van der Waals surface area contributed by atoms with Crippen molar-refractivity contribution in [1.29, 1.82) is 0 Å². The van der Waals surface area contributed by atoms with Gasteiger partial charge < -0.3 is 5.32 Å². The standard InChI is InChI=1S/C16H31N5/c1-5-9-21-15(17-13-19-21)12-20-10-7-6-8-14(20)11-18-16(2,3)4/h13-14,18H,5-12H2,1-4H3. The third kappa shape index (κ3) is 5.08. The highest BCUT2D eigenvalue weighted by atomic mass is 15.4. The molecule has 1 N–H and O–H groups in total. The molecule has 0 radical (unpaired) electrons. The molecule has 21 heavy (non-hydrogen) atoms. The first-order valence-electron chi connectivity index (χ1n) is 8.35. The Kier molecular flexibility index (Phi) is 5.76. The summed E-state index contributed by atoms with van der Waals surface area (Å²) in [6.07, 6.45) is 6.72. The molecule has 1 fully saturated rings. The van der Waals surface area contributed by atoms with Gasteiger partial charge in [0.25, 0.3) is 0 Å². The summed E-state index contributed by atoms with van der Waals surface area (Å²) in [5.74, 6) is 1.11. The van der Waals surface area contributed by atoms with E-state index in [1.54, 1.807) is 6.33 Å². The maximum atomic E-state index is 4.46. The Hall–Kier alpha value is -0.940. The Morgan fingerprint density at radius 2 is 2.14 bits per heavy atom. The van der Waals surface area contributed by atoms with Crippen LogP contribution in [0.3, 0.4) is 0 Å². The van der Waals surface area contributed by atoms with E-state index >= 15 is 0 Å². The zero-order chi connectivity index (χ0) is 15.3. The molecule has 0 bridgehead atoms. The maximum absolute atomic E-state index is 4.46. The van der Waals surface area contributed by atoms with Crippen LogP contribution in [0, 0.1) is 0 Å². The first-order chi connectivity index (χ1) is 9.99. The Morgan fingerprint density at radius 1 is 1.33 bits per heavy atom. The Morgan fingerprint density at radius 3 is 2.86 bits per heavy atom. The summed E-state index contributed by atoms with van der Waals surface area (Å²) in [5.41, 5.74) is 0.186. The van der Waals surface area contributed by atoms with Crippen LogP contribution < -0.4 is 5.32 Å². The monoisotopic (exact) mass is 293 g/mol. The molecule has 5 nitrogen and oxygen atoms in total. The third-order valence-electron chi connectivity index (χ3n) is 4.09. The third-order valence-corrected chi connectivity index (χ3v) is 4.09. The van der Waals surface area contributed by atoms with Gasteiger partial charge in [-0.15, -0.1) is 0 Å². The molecule has 1 unspecified atom stereocenters. The van der Waals surface area contributed by atoms with Crippen LogP contribution in [0.15, 0.2) is 6.33 Å². The highest BCUT2D eigenvalue weighted by Crippen LogP contribution is 2.19. The Labute approximate surface area is 129 Å². The zero-order valence-corrected chi connectivity index (χ0v) is 14.1. The van der Waals surface area contributed by atoms with E-state index in [2.05, 4.69) is 52.7 Å². The molecule has 5 heteroatoms. The van der Waals surface area contributed by atoms with Crippen LogP contribution in [0.25, 0.3) is 0 Å². The second kappa shape index (κ2) is 7.36. The van der Waals surface area contributed by atoms with Gasteiger partial charge in [-0.3, -0.25) is 4.90 Å². The second-order valence-corrected chi connectivity index (χ2v) is 7.15. The van der Waals surface area contributed by atoms with Crippen molar-refractivity contribution in [3.63, 3.8) is 0 Å². The van der Waals surface area contributed by atoms with Crippen molar-refractivity contribution >= 4 is 0 Å². The summed E-state index contributed by atoms with van der Waals surface area (Å²) in [5, 5.41) is 8.00. The molecule has 120 valence electrons. The highest BCUT2D eigenvalue weighted by molar-refractivity contribution is 4.89. The van der Waals surface area contributed by atoms with Crippen molar-refractivity contribution in [1.82, 2.24) is 25.0 Å². The van der Waals surface area contributed by atoms with Crippen LogP contribution in [-0.2, 0) is 13.1 Å². The lowest BCUT2D eigenvalue weighted by molar-refractivity contribution is 0.126. The summed E-state index contributed by atoms with van der Waals surface area (Å²) in [4.78, 5) is 7.04. The van der Waals surface area contributed by atoms with E-state index in [0.717, 1.165) is 31.9 Å². The topological polar surface area (TPSA) is 46.0 Å². The number of nitrogens with zero attached hydrogens (tertiary/aromatic N) is 4. The van der Waals surface area contributed by atoms with Gasteiger partial charge in [-0.25, -0.2) is 9.67 Å². The molecule has 0 spiro atoms. The van der Waals surface area contributed by atoms with Gasteiger partial charge in [0.05, 0.1) is 6.54 Å². The number of likely N-dealkylation sites (tertiary alicyclic amines) is 1. The fraction of sp³-hybridized carbons (Fsp3) is 0.875. The molecule has 1 atom stereocenters. The first kappa shape index (κ1) is 16.4. The van der Waals surface area contributed by atoms with Gasteiger partial charge in [-0.1, -0.05) is 13.3 Å². The van der Waals surface area contributed by atoms with Gasteiger partial charge in [0.1, 0.15) is 12.2 Å². The molecule has 1 aliphatic heterocycles. The van der Waals surface area contributed by atoms with Crippen LogP contribution >= 0.6 is 0 Å². The fourth-order valence-corrected chi connectivity index (χ4v) is 2.91. The average Bonchev–Trinajstić information content (AvgIpc) is 2.85. The minimum atomic E-state index is 0.186. The van der Waals surface area contributed by atoms with Gasteiger partial charge in [-0.2, -0.15) is 5.10 Å². The largest absolute Gasteiger partial charge is 0.311 e. The summed E-state index contributed by atoms with van der Waals surface area (Å²) >= 11 is 0. The van der Waals surface area contributed by atoms with E-state index in [1.807, 2.05) is 0 Å². The summed E-state index contributed by atoms with van der Waals surface area (Å²) < 4.78 is 2.06. The number of nitrogens with one attached hydrogen (secondary N) is 1. The summed E-state index contributed by atoms with van der Waals surface area (Å²) in [6.45, 7) is 13.0. The van der Waals surface area contributed by atoms with Gasteiger partial charge in [0.15, 0.2) is 0 Å². The van der Waals surface area contributed by atoms with Crippen LogP contribution in [-0.4, -0.2) is 44.3 Å². The predicted molar refractivity (Wildman–Crippen MR) is 86.1 cm³/mol. The molecular formula is C16H31N5. The summed E-state index contributed by atoms with van der Waals surface area (Å²) in [6, 6.07) is 0.616. The van der Waals surface area contributed by atoms with E-state index in [4.69, 9.17) is 0 Å². The smallest absolute Gasteiger partial charge is 0.141 e. The molecule has 2 rings (SSSR count). The zero-order valence-electron chi connectivity index (χ0n) is 14.1. The number of hydrogen-bond donors (Lipinski definition) is 1. The van der Waals surface area contributed by atoms with E-state index in [-0.39, 0.29) is 5.54 Å². The van der Waals surface area contributed by atoms with Gasteiger partial charge in [-0.05, 0) is 46.6 Å². The van der Waals surface area contributed by atoms with Crippen LogP contribution in [0.4, 0.5) is 0 Å². The van der Waals surface area contributed by atoms with Gasteiger partial charge in [0.2, 0.25) is 0 Å². The van der Waals surface area contributed by atoms with Crippen molar-refractivity contribution in [2.24, 2.45) is 0 Å². The molecule has 2 heterocycles. The molecule has 1 aromatic rings. The minimum Gasteiger partial charge on any atom is -0.311 e. The molecule has 0 amide bonds. The molecule has 1 saturated heterocycles. The number of piperidine rings is 1. The molecule has 0 aliphatic carbocycles. The Bertz CT molecular complexity index is 421. The molecule has 0 aromatic carbocycles. The quantitative estimate of drug-likeness (QED) is 0.875. The van der Waals surface area contributed by atoms with Crippen molar-refractivity contribution in [2.45, 2.75) is 78.0 Å². The van der Waals surface area contributed by atoms with E-state index in [9.17, 15) is 0 Å². The molecule has 1 aromatic heterocycles. The van der Waals surface area contributed by atoms with Crippen LogP contribution in [0.5, 0.6) is 0 Å². The molecular weight excluding hydrogens is 262 g/mol. The van der Waals surface area contributed by atoms with Crippen molar-refractivity contribution in [3.05, 3.63) is 12.2 Å². The van der Waals surface area contributed by atoms with Crippen molar-refractivity contribution in [2.75, 3.05) is 13.1 Å². The van der Waals surface area contributed by atoms with Gasteiger partial charge >= 0.3 is 0 Å². The van der Waals surface area contributed by atoms with Gasteiger partial charge in [0, 0.05) is 24.7 Å². The highest BCUT2D eigenvalue weighted by Gasteiger charge is 2.25. The lowest BCUT2D eigenvalue weighted by atomic mass is 10.0. The van der Waals surface area contributed by atoms with E-state index < -0.39 is 0 Å². The normalized spacial score (nSPS) is 20.9. The first-order valence-corrected chi connectivity index (χ1v) is 8.35. The van der Waals surface area contributed by atoms with E-state index in [0.29, 0.717) is 6.04 Å². The van der Waals surface area contributed by atoms with Crippen LogP contribution in [0.2, 0.25) is 0 Å². The Balaban J connectivity index is 1.96. The number of hydrogen-bond acceptors (Lipinski definition) is 4. The van der Waals surface area contributed by atoms with Crippen molar-refractivity contribution in [3.8, 4) is 0 Å². The number of aromatic nitrogens is 3. The maximum Gasteiger partial charge on any atom is 0.141 e. The number of aryl methyl sites for hydroxylation is 1. The SMILES string of the molecule is CCCn1ncnc1CN1CCCCC1CNC(C)(C)C.